The standard InChI is InChI=1S/C12H15NO6/c1-18-8-5-3-4-7(10(8)14)11(15)13-6-9(19-2)12(16)17/h3-5,9,14H,6H2,1-2H3,(H,13,15)(H,16,17). The van der Waals surface area contributed by atoms with Crippen molar-refractivity contribution in [2.75, 3.05) is 20.8 Å². The Balaban J connectivity index is 2.76. The molecule has 1 unspecified atom stereocenters. The van der Waals surface area contributed by atoms with Gasteiger partial charge in [0.1, 0.15) is 0 Å². The monoisotopic (exact) mass is 269 g/mol. The van der Waals surface area contributed by atoms with Crippen LogP contribution in [0.3, 0.4) is 0 Å². The number of carboxylic acid groups (broad SMARTS) is 1. The fraction of sp³-hybridized carbons (Fsp3) is 0.333. The summed E-state index contributed by atoms with van der Waals surface area (Å²) in [5, 5.41) is 20.9. The minimum absolute atomic E-state index is 0.000378. The number of carbonyl (C=O) groups excluding carboxylic acids is 1. The van der Waals surface area contributed by atoms with E-state index in [0.717, 1.165) is 0 Å². The van der Waals surface area contributed by atoms with E-state index in [1.165, 1.54) is 26.4 Å². The normalized spacial score (nSPS) is 11.7. The molecular weight excluding hydrogens is 254 g/mol. The molecule has 19 heavy (non-hydrogen) atoms. The molecule has 1 rings (SSSR count). The number of carboxylic acids is 1. The van der Waals surface area contributed by atoms with Crippen molar-refractivity contribution in [3.8, 4) is 11.5 Å². The predicted molar refractivity (Wildman–Crippen MR) is 65.4 cm³/mol. The van der Waals surface area contributed by atoms with Gasteiger partial charge >= 0.3 is 5.97 Å². The third kappa shape index (κ3) is 3.59. The molecule has 3 N–H and O–H groups in total. The summed E-state index contributed by atoms with van der Waals surface area (Å²) in [6.07, 6.45) is -1.14. The van der Waals surface area contributed by atoms with Gasteiger partial charge in [-0.2, -0.15) is 0 Å². The summed E-state index contributed by atoms with van der Waals surface area (Å²) < 4.78 is 9.54. The highest BCUT2D eigenvalue weighted by atomic mass is 16.5. The number of hydrogen-bond donors (Lipinski definition) is 3. The maximum absolute atomic E-state index is 11.8. The minimum Gasteiger partial charge on any atom is -0.504 e. The third-order valence-electron chi connectivity index (χ3n) is 2.47. The van der Waals surface area contributed by atoms with Crippen molar-refractivity contribution < 1.29 is 29.3 Å². The van der Waals surface area contributed by atoms with Crippen molar-refractivity contribution in [2.24, 2.45) is 0 Å². The molecule has 104 valence electrons. The number of phenolic OH excluding ortho intramolecular Hbond substituents is 1. The first-order valence-corrected chi connectivity index (χ1v) is 5.41. The Morgan fingerprint density at radius 1 is 1.37 bits per heavy atom. The molecule has 0 aliphatic heterocycles. The smallest absolute Gasteiger partial charge is 0.334 e. The largest absolute Gasteiger partial charge is 0.504 e. The van der Waals surface area contributed by atoms with E-state index in [-0.39, 0.29) is 23.6 Å². The summed E-state index contributed by atoms with van der Waals surface area (Å²) in [6, 6.07) is 4.44. The van der Waals surface area contributed by atoms with Gasteiger partial charge in [-0.1, -0.05) is 6.07 Å². The van der Waals surface area contributed by atoms with Crippen LogP contribution in [0.25, 0.3) is 0 Å². The molecule has 0 aliphatic rings. The Labute approximate surface area is 109 Å². The molecule has 0 fully saturated rings. The van der Waals surface area contributed by atoms with Gasteiger partial charge in [-0.05, 0) is 12.1 Å². The number of para-hydroxylation sites is 1. The summed E-state index contributed by atoms with van der Waals surface area (Å²) in [5.74, 6) is -1.93. The first kappa shape index (κ1) is 14.8. The van der Waals surface area contributed by atoms with E-state index in [4.69, 9.17) is 9.84 Å². The van der Waals surface area contributed by atoms with Gasteiger partial charge < -0.3 is 25.0 Å². The van der Waals surface area contributed by atoms with Crippen LogP contribution in [0, 0.1) is 0 Å². The van der Waals surface area contributed by atoms with Gasteiger partial charge in [0, 0.05) is 7.11 Å². The lowest BCUT2D eigenvalue weighted by Gasteiger charge is -2.12. The summed E-state index contributed by atoms with van der Waals surface area (Å²) in [6.45, 7) is -0.207. The number of ether oxygens (including phenoxy) is 2. The molecular formula is C12H15NO6. The Hall–Kier alpha value is -2.28. The lowest BCUT2D eigenvalue weighted by Crippen LogP contribution is -2.37. The first-order chi connectivity index (χ1) is 9.01. The fourth-order valence-electron chi connectivity index (χ4n) is 1.42. The maximum Gasteiger partial charge on any atom is 0.334 e. The zero-order chi connectivity index (χ0) is 14.4. The van der Waals surface area contributed by atoms with Crippen molar-refractivity contribution in [2.45, 2.75) is 6.10 Å². The van der Waals surface area contributed by atoms with Gasteiger partial charge in [0.25, 0.3) is 5.91 Å². The molecule has 7 nitrogen and oxygen atoms in total. The highest BCUT2D eigenvalue weighted by molar-refractivity contribution is 5.97. The van der Waals surface area contributed by atoms with Crippen LogP contribution in [0.4, 0.5) is 0 Å². The second kappa shape index (κ2) is 6.60. The lowest BCUT2D eigenvalue weighted by molar-refractivity contribution is -0.148. The zero-order valence-corrected chi connectivity index (χ0v) is 10.5. The third-order valence-corrected chi connectivity index (χ3v) is 2.47. The van der Waals surface area contributed by atoms with Crippen molar-refractivity contribution in [3.63, 3.8) is 0 Å². The number of hydrogen-bond acceptors (Lipinski definition) is 5. The molecule has 0 heterocycles. The molecule has 1 amide bonds. The first-order valence-electron chi connectivity index (χ1n) is 5.41. The fourth-order valence-corrected chi connectivity index (χ4v) is 1.42. The lowest BCUT2D eigenvalue weighted by atomic mass is 10.1. The van der Waals surface area contributed by atoms with Gasteiger partial charge in [-0.3, -0.25) is 4.79 Å². The van der Waals surface area contributed by atoms with Crippen LogP contribution in [0.5, 0.6) is 11.5 Å². The van der Waals surface area contributed by atoms with E-state index >= 15 is 0 Å². The van der Waals surface area contributed by atoms with Crippen LogP contribution in [0.1, 0.15) is 10.4 Å². The van der Waals surface area contributed by atoms with Crippen LogP contribution >= 0.6 is 0 Å². The quantitative estimate of drug-likeness (QED) is 0.682. The molecule has 1 atom stereocenters. The van der Waals surface area contributed by atoms with Gasteiger partial charge in [-0.15, -0.1) is 0 Å². The number of benzene rings is 1. The maximum atomic E-state index is 11.8. The zero-order valence-electron chi connectivity index (χ0n) is 10.5. The van der Waals surface area contributed by atoms with Crippen molar-refractivity contribution >= 4 is 11.9 Å². The predicted octanol–water partition coefficient (Wildman–Crippen LogP) is 0.230. The number of aliphatic carboxylic acids is 1. The van der Waals surface area contributed by atoms with E-state index in [1.54, 1.807) is 6.07 Å². The molecule has 7 heteroatoms. The molecule has 0 radical (unpaired) electrons. The van der Waals surface area contributed by atoms with Crippen molar-refractivity contribution in [1.82, 2.24) is 5.32 Å². The van der Waals surface area contributed by atoms with Gasteiger partial charge in [0.2, 0.25) is 0 Å². The summed E-state index contributed by atoms with van der Waals surface area (Å²) in [5.41, 5.74) is -0.000378. The van der Waals surface area contributed by atoms with Crippen LogP contribution in [0.2, 0.25) is 0 Å². The van der Waals surface area contributed by atoms with E-state index in [0.29, 0.717) is 0 Å². The van der Waals surface area contributed by atoms with Gasteiger partial charge in [0.05, 0.1) is 19.2 Å². The number of nitrogens with one attached hydrogen (secondary N) is 1. The topological polar surface area (TPSA) is 105 Å². The van der Waals surface area contributed by atoms with E-state index < -0.39 is 18.0 Å². The van der Waals surface area contributed by atoms with Crippen LogP contribution < -0.4 is 10.1 Å². The van der Waals surface area contributed by atoms with Crippen molar-refractivity contribution in [3.05, 3.63) is 23.8 Å². The Bertz CT molecular complexity index is 473. The van der Waals surface area contributed by atoms with Gasteiger partial charge in [0.15, 0.2) is 17.6 Å². The number of rotatable bonds is 6. The van der Waals surface area contributed by atoms with Crippen LogP contribution in [0.15, 0.2) is 18.2 Å². The summed E-state index contributed by atoms with van der Waals surface area (Å²) >= 11 is 0. The Morgan fingerprint density at radius 3 is 2.58 bits per heavy atom. The molecule has 0 aliphatic carbocycles. The molecule has 0 spiro atoms. The highest BCUT2D eigenvalue weighted by Crippen LogP contribution is 2.29. The number of phenols is 1. The molecule has 0 saturated heterocycles. The van der Waals surface area contributed by atoms with Crippen LogP contribution in [-0.4, -0.2) is 49.0 Å². The minimum atomic E-state index is -1.18. The molecule has 0 saturated carbocycles. The number of carbonyl (C=O) groups is 2. The number of aromatic hydroxyl groups is 1. The van der Waals surface area contributed by atoms with Gasteiger partial charge in [-0.25, -0.2) is 4.79 Å². The van der Waals surface area contributed by atoms with E-state index in [2.05, 4.69) is 10.1 Å². The molecule has 0 aromatic heterocycles. The number of amides is 1. The Kier molecular flexibility index (Phi) is 5.13. The molecule has 1 aromatic carbocycles. The number of methoxy groups -OCH3 is 2. The highest BCUT2D eigenvalue weighted by Gasteiger charge is 2.19. The van der Waals surface area contributed by atoms with E-state index in [1.807, 2.05) is 0 Å². The average Bonchev–Trinajstić information content (AvgIpc) is 2.39. The average molecular weight is 269 g/mol. The van der Waals surface area contributed by atoms with Crippen molar-refractivity contribution in [1.29, 1.82) is 0 Å². The molecule has 0 bridgehead atoms. The SMILES string of the molecule is COc1cccc(C(=O)NCC(OC)C(=O)O)c1O. The second-order valence-corrected chi connectivity index (χ2v) is 3.63. The summed E-state index contributed by atoms with van der Waals surface area (Å²) in [7, 11) is 2.59. The second-order valence-electron chi connectivity index (χ2n) is 3.63. The van der Waals surface area contributed by atoms with Crippen LogP contribution in [-0.2, 0) is 9.53 Å². The Morgan fingerprint density at radius 2 is 2.05 bits per heavy atom. The summed E-state index contributed by atoms with van der Waals surface area (Å²) in [4.78, 5) is 22.5. The van der Waals surface area contributed by atoms with E-state index in [9.17, 15) is 14.7 Å². The molecule has 1 aromatic rings.